The average molecular weight is 271 g/mol. The first-order chi connectivity index (χ1) is 9.38. The number of fused-ring (bicyclic) bond motifs is 1. The predicted octanol–water partition coefficient (Wildman–Crippen LogP) is 3.50. The van der Waals surface area contributed by atoms with E-state index >= 15 is 0 Å². The van der Waals surface area contributed by atoms with E-state index < -0.39 is 0 Å². The van der Waals surface area contributed by atoms with Gasteiger partial charge in [-0.05, 0) is 25.2 Å². The molecule has 0 amide bonds. The maximum absolute atomic E-state index is 5.88. The molecule has 0 fully saturated rings. The van der Waals surface area contributed by atoms with Gasteiger partial charge in [0.1, 0.15) is 12.4 Å². The number of benzene rings is 2. The summed E-state index contributed by atoms with van der Waals surface area (Å²) in [6.45, 7) is 0.738. The highest BCUT2D eigenvalue weighted by atomic mass is 32.2. The van der Waals surface area contributed by atoms with Crippen molar-refractivity contribution in [3.05, 3.63) is 60.2 Å². The Kier molecular flexibility index (Phi) is 3.76. The van der Waals surface area contributed by atoms with Crippen LogP contribution in [-0.4, -0.2) is 18.9 Å². The lowest BCUT2D eigenvalue weighted by Gasteiger charge is -2.33. The second-order valence-corrected chi connectivity index (χ2v) is 5.90. The van der Waals surface area contributed by atoms with Crippen LogP contribution in [0, 0.1) is 0 Å². The zero-order valence-electron chi connectivity index (χ0n) is 10.9. The second kappa shape index (κ2) is 5.68. The summed E-state index contributed by atoms with van der Waals surface area (Å²) in [5.74, 6) is 1.01. The van der Waals surface area contributed by atoms with E-state index in [1.807, 2.05) is 37.0 Å². The maximum atomic E-state index is 5.88. The topological polar surface area (TPSA) is 21.3 Å². The molecule has 2 aromatic carbocycles. The fourth-order valence-corrected chi connectivity index (χ4v) is 3.67. The van der Waals surface area contributed by atoms with Gasteiger partial charge in [0.15, 0.2) is 0 Å². The van der Waals surface area contributed by atoms with Crippen LogP contribution in [0.15, 0.2) is 59.5 Å². The Labute approximate surface area is 118 Å². The molecule has 98 valence electrons. The van der Waals surface area contributed by atoms with Crippen molar-refractivity contribution in [2.24, 2.45) is 0 Å². The van der Waals surface area contributed by atoms with Gasteiger partial charge in [-0.1, -0.05) is 36.4 Å². The van der Waals surface area contributed by atoms with E-state index in [0.29, 0.717) is 11.3 Å². The van der Waals surface area contributed by atoms with Gasteiger partial charge in [-0.25, -0.2) is 0 Å². The van der Waals surface area contributed by atoms with Gasteiger partial charge in [0.25, 0.3) is 0 Å². The van der Waals surface area contributed by atoms with Gasteiger partial charge in [-0.15, -0.1) is 11.8 Å². The van der Waals surface area contributed by atoms with E-state index in [0.717, 1.165) is 12.4 Å². The Morgan fingerprint density at radius 3 is 2.58 bits per heavy atom. The zero-order chi connectivity index (χ0) is 13.1. The van der Waals surface area contributed by atoms with E-state index in [9.17, 15) is 0 Å². The maximum Gasteiger partial charge on any atom is 0.124 e. The Bertz CT molecular complexity index is 543. The summed E-state index contributed by atoms with van der Waals surface area (Å²) in [5, 5.41) is 3.82. The molecule has 1 heterocycles. The molecular formula is C16H17NOS. The first-order valence-corrected chi connectivity index (χ1v) is 7.37. The predicted molar refractivity (Wildman–Crippen MR) is 79.8 cm³/mol. The minimum absolute atomic E-state index is 0.329. The van der Waals surface area contributed by atoms with E-state index in [4.69, 9.17) is 4.74 Å². The summed E-state index contributed by atoms with van der Waals surface area (Å²) < 4.78 is 5.88. The van der Waals surface area contributed by atoms with Crippen molar-refractivity contribution in [3.8, 4) is 5.75 Å². The van der Waals surface area contributed by atoms with Gasteiger partial charge in [-0.3, -0.25) is 0 Å². The molecule has 2 unspecified atom stereocenters. The number of ether oxygens (including phenoxy) is 1. The molecule has 19 heavy (non-hydrogen) atoms. The van der Waals surface area contributed by atoms with E-state index in [2.05, 4.69) is 41.7 Å². The van der Waals surface area contributed by atoms with Crippen LogP contribution in [0.2, 0.25) is 0 Å². The van der Waals surface area contributed by atoms with Crippen molar-refractivity contribution in [2.75, 3.05) is 13.7 Å². The average Bonchev–Trinajstić information content (AvgIpc) is 2.48. The minimum atomic E-state index is 0.329. The normalized spacial score (nSPS) is 21.5. The van der Waals surface area contributed by atoms with Crippen molar-refractivity contribution in [1.82, 2.24) is 5.32 Å². The van der Waals surface area contributed by atoms with E-state index in [1.54, 1.807) is 0 Å². The molecule has 1 aliphatic heterocycles. The van der Waals surface area contributed by atoms with Crippen molar-refractivity contribution in [2.45, 2.75) is 16.2 Å². The molecule has 0 aromatic heterocycles. The third kappa shape index (κ3) is 2.62. The standard InChI is InChI=1S/C16H17NOS/c1-17-16-13-9-5-6-10-14(13)18-11-15(16)19-12-7-3-2-4-8-12/h2-10,15-17H,11H2,1H3. The Morgan fingerprint density at radius 1 is 1.05 bits per heavy atom. The summed E-state index contributed by atoms with van der Waals surface area (Å²) in [4.78, 5) is 1.29. The highest BCUT2D eigenvalue weighted by Gasteiger charge is 2.30. The first-order valence-electron chi connectivity index (χ1n) is 6.49. The summed E-state index contributed by atoms with van der Waals surface area (Å²) in [5.41, 5.74) is 1.25. The Hall–Kier alpha value is -1.45. The molecule has 0 saturated carbocycles. The third-order valence-electron chi connectivity index (χ3n) is 3.37. The van der Waals surface area contributed by atoms with Crippen LogP contribution in [0.25, 0.3) is 0 Å². The van der Waals surface area contributed by atoms with Gasteiger partial charge < -0.3 is 10.1 Å². The number of rotatable bonds is 3. The van der Waals surface area contributed by atoms with Crippen LogP contribution in [0.5, 0.6) is 5.75 Å². The van der Waals surface area contributed by atoms with Crippen molar-refractivity contribution in [3.63, 3.8) is 0 Å². The van der Waals surface area contributed by atoms with Crippen LogP contribution >= 0.6 is 11.8 Å². The lowest BCUT2D eigenvalue weighted by atomic mass is 10.0. The van der Waals surface area contributed by atoms with Gasteiger partial charge in [0.05, 0.1) is 11.3 Å². The molecule has 3 heteroatoms. The lowest BCUT2D eigenvalue weighted by molar-refractivity contribution is 0.265. The number of nitrogens with one attached hydrogen (secondary N) is 1. The molecule has 1 aliphatic rings. The first kappa shape index (κ1) is 12.6. The highest BCUT2D eigenvalue weighted by Crippen LogP contribution is 2.39. The van der Waals surface area contributed by atoms with Crippen LogP contribution in [-0.2, 0) is 0 Å². The van der Waals surface area contributed by atoms with Gasteiger partial charge in [0.2, 0.25) is 0 Å². The Balaban J connectivity index is 1.84. The molecule has 0 aliphatic carbocycles. The fourth-order valence-electron chi connectivity index (χ4n) is 2.45. The summed E-state index contributed by atoms with van der Waals surface area (Å²) in [6.07, 6.45) is 0. The fraction of sp³-hybridized carbons (Fsp3) is 0.250. The molecule has 0 bridgehead atoms. The molecule has 0 radical (unpaired) electrons. The van der Waals surface area contributed by atoms with Gasteiger partial charge >= 0.3 is 0 Å². The SMILES string of the molecule is CNC1c2ccccc2OCC1Sc1ccccc1. The molecule has 0 saturated heterocycles. The largest absolute Gasteiger partial charge is 0.492 e. The molecular weight excluding hydrogens is 254 g/mol. The van der Waals surface area contributed by atoms with Crippen molar-refractivity contribution >= 4 is 11.8 Å². The summed E-state index contributed by atoms with van der Waals surface area (Å²) >= 11 is 1.87. The third-order valence-corrected chi connectivity index (χ3v) is 4.63. The van der Waals surface area contributed by atoms with Crippen LogP contribution in [0.4, 0.5) is 0 Å². The van der Waals surface area contributed by atoms with Gasteiger partial charge in [0, 0.05) is 10.5 Å². The van der Waals surface area contributed by atoms with Crippen LogP contribution < -0.4 is 10.1 Å². The van der Waals surface area contributed by atoms with Gasteiger partial charge in [-0.2, -0.15) is 0 Å². The molecule has 1 N–H and O–H groups in total. The van der Waals surface area contributed by atoms with E-state index in [-0.39, 0.29) is 0 Å². The van der Waals surface area contributed by atoms with Crippen molar-refractivity contribution < 1.29 is 4.74 Å². The number of para-hydroxylation sites is 1. The second-order valence-electron chi connectivity index (χ2n) is 4.58. The number of thioether (sulfide) groups is 1. The molecule has 3 rings (SSSR count). The molecule has 2 nitrogen and oxygen atoms in total. The number of hydrogen-bond acceptors (Lipinski definition) is 3. The monoisotopic (exact) mass is 271 g/mol. The van der Waals surface area contributed by atoms with E-state index in [1.165, 1.54) is 10.5 Å². The zero-order valence-corrected chi connectivity index (χ0v) is 11.7. The van der Waals surface area contributed by atoms with Crippen molar-refractivity contribution in [1.29, 1.82) is 0 Å². The highest BCUT2D eigenvalue weighted by molar-refractivity contribution is 8.00. The Morgan fingerprint density at radius 2 is 1.79 bits per heavy atom. The number of hydrogen-bond donors (Lipinski definition) is 1. The van der Waals surface area contributed by atoms with Crippen LogP contribution in [0.1, 0.15) is 11.6 Å². The summed E-state index contributed by atoms with van der Waals surface area (Å²) in [6, 6.07) is 19.1. The minimum Gasteiger partial charge on any atom is -0.492 e. The summed E-state index contributed by atoms with van der Waals surface area (Å²) in [7, 11) is 2.02. The molecule has 0 spiro atoms. The quantitative estimate of drug-likeness (QED) is 0.923. The smallest absolute Gasteiger partial charge is 0.124 e. The molecule has 2 aromatic rings. The van der Waals surface area contributed by atoms with Crippen LogP contribution in [0.3, 0.4) is 0 Å². The lowest BCUT2D eigenvalue weighted by Crippen LogP contribution is -2.35. The molecule has 2 atom stereocenters.